The van der Waals surface area contributed by atoms with Gasteiger partial charge in [0, 0.05) is 5.69 Å². The van der Waals surface area contributed by atoms with Crippen molar-refractivity contribution in [2.45, 2.75) is 31.6 Å². The molecule has 1 aromatic heterocycles. The van der Waals surface area contributed by atoms with Crippen molar-refractivity contribution in [3.8, 4) is 5.75 Å². The number of carbonyl (C=O) groups excluding carboxylic acids is 1. The minimum atomic E-state index is -0.782. The van der Waals surface area contributed by atoms with Gasteiger partial charge >= 0.3 is 23.8 Å². The van der Waals surface area contributed by atoms with E-state index in [0.29, 0.717) is 31.4 Å². The first-order valence-electron chi connectivity index (χ1n) is 10.1. The van der Waals surface area contributed by atoms with Crippen molar-refractivity contribution in [3.63, 3.8) is 0 Å². The highest BCUT2D eigenvalue weighted by molar-refractivity contribution is 6.01. The van der Waals surface area contributed by atoms with Crippen LogP contribution in [0.1, 0.15) is 47.8 Å². The lowest BCUT2D eigenvalue weighted by atomic mass is 9.79. The average molecular weight is 440 g/mol. The Morgan fingerprint density at radius 1 is 1.03 bits per heavy atom. The van der Waals surface area contributed by atoms with E-state index in [2.05, 4.69) is 20.8 Å². The van der Waals surface area contributed by atoms with Crippen LogP contribution in [0, 0.1) is 11.7 Å². The Balaban J connectivity index is 1.38. The largest absolute Gasteiger partial charge is 0.508 e. The summed E-state index contributed by atoms with van der Waals surface area (Å²) in [5.41, 5.74) is 1.32. The number of nitrogens with one attached hydrogen (secondary N) is 2. The van der Waals surface area contributed by atoms with Gasteiger partial charge in [-0.1, -0.05) is 11.2 Å². The third-order valence-corrected chi connectivity index (χ3v) is 5.53. The molecule has 2 aromatic carbocycles. The van der Waals surface area contributed by atoms with E-state index in [0.717, 1.165) is 5.56 Å². The predicted molar refractivity (Wildman–Crippen MR) is 112 cm³/mol. The topological polar surface area (TPSA) is 138 Å². The molecule has 0 unspecified atom stereocenters. The number of phenols is 1. The quantitative estimate of drug-likeness (QED) is 0.417. The molecule has 1 saturated carbocycles. The molecule has 1 aliphatic rings. The molecule has 32 heavy (non-hydrogen) atoms. The first kappa shape index (κ1) is 21.3. The minimum Gasteiger partial charge on any atom is -0.508 e. The van der Waals surface area contributed by atoms with Crippen LogP contribution in [-0.4, -0.2) is 32.3 Å². The number of nitrogens with zero attached hydrogens (tertiary/aromatic N) is 2. The second-order valence-electron chi connectivity index (χ2n) is 7.66. The summed E-state index contributed by atoms with van der Waals surface area (Å²) < 4.78 is 19.9. The maximum absolute atomic E-state index is 14.6. The summed E-state index contributed by atoms with van der Waals surface area (Å²) in [5.74, 6) is -2.63. The van der Waals surface area contributed by atoms with Crippen LogP contribution >= 0.6 is 0 Å². The monoisotopic (exact) mass is 440 g/mol. The molecule has 0 radical (unpaired) electrons. The molecule has 0 atom stereocenters. The van der Waals surface area contributed by atoms with Crippen molar-refractivity contribution in [1.82, 2.24) is 10.2 Å². The fraction of sp³-hybridized carbons (Fsp3) is 0.273. The van der Waals surface area contributed by atoms with Gasteiger partial charge in [0.2, 0.25) is 0 Å². The molecule has 9 nitrogen and oxygen atoms in total. The summed E-state index contributed by atoms with van der Waals surface area (Å²) in [5, 5.41) is 31.0. The van der Waals surface area contributed by atoms with Gasteiger partial charge in [-0.05, 0) is 73.6 Å². The van der Waals surface area contributed by atoms with Gasteiger partial charge < -0.3 is 25.3 Å². The summed E-state index contributed by atoms with van der Waals surface area (Å²) in [6.07, 6.45) is 2.50. The number of benzene rings is 2. The smallest absolute Gasteiger partial charge is 0.320 e. The van der Waals surface area contributed by atoms with Crippen LogP contribution in [0.2, 0.25) is 0 Å². The van der Waals surface area contributed by atoms with Crippen LogP contribution in [0.4, 0.5) is 21.8 Å². The van der Waals surface area contributed by atoms with Crippen molar-refractivity contribution in [2.24, 2.45) is 5.92 Å². The second-order valence-corrected chi connectivity index (χ2v) is 7.66. The number of aromatic nitrogens is 2. The molecule has 0 bridgehead atoms. The van der Waals surface area contributed by atoms with Crippen molar-refractivity contribution >= 4 is 29.3 Å². The second kappa shape index (κ2) is 9.04. The predicted octanol–water partition coefficient (Wildman–Crippen LogP) is 4.27. The number of aliphatic carboxylic acids is 1. The number of carboxylic acid groups (broad SMARTS) is 1. The Kier molecular flexibility index (Phi) is 6.02. The van der Waals surface area contributed by atoms with Crippen molar-refractivity contribution in [3.05, 3.63) is 59.7 Å². The fourth-order valence-corrected chi connectivity index (χ4v) is 3.77. The SMILES string of the molecule is O=C(Nc1ccc(C2CCC(C(=O)O)CC2)cc1F)c1nnc(Nc2ccc(O)cc2)o1. The molecule has 4 rings (SSSR count). The first-order valence-corrected chi connectivity index (χ1v) is 10.1. The number of aromatic hydroxyl groups is 1. The van der Waals surface area contributed by atoms with Gasteiger partial charge in [-0.25, -0.2) is 4.39 Å². The normalized spacial score (nSPS) is 18.2. The molecule has 1 amide bonds. The average Bonchev–Trinajstić information content (AvgIpc) is 3.25. The molecule has 0 aliphatic heterocycles. The van der Waals surface area contributed by atoms with Crippen LogP contribution in [0.25, 0.3) is 0 Å². The molecule has 1 fully saturated rings. The Bertz CT molecular complexity index is 1120. The highest BCUT2D eigenvalue weighted by Gasteiger charge is 2.27. The maximum atomic E-state index is 14.6. The molecular formula is C22H21FN4O5. The Morgan fingerprint density at radius 3 is 2.41 bits per heavy atom. The number of carboxylic acids is 1. The van der Waals surface area contributed by atoms with Gasteiger partial charge in [-0.3, -0.25) is 9.59 Å². The zero-order valence-corrected chi connectivity index (χ0v) is 16.9. The van der Waals surface area contributed by atoms with Gasteiger partial charge in [-0.2, -0.15) is 0 Å². The third kappa shape index (κ3) is 4.85. The third-order valence-electron chi connectivity index (χ3n) is 5.53. The number of phenolic OH excluding ortho intramolecular Hbond substituents is 1. The number of anilines is 3. The summed E-state index contributed by atoms with van der Waals surface area (Å²) in [6, 6.07) is 10.6. The van der Waals surface area contributed by atoms with E-state index in [-0.39, 0.29) is 35.2 Å². The molecule has 166 valence electrons. The zero-order valence-electron chi connectivity index (χ0n) is 16.9. The zero-order chi connectivity index (χ0) is 22.7. The van der Waals surface area contributed by atoms with Crippen LogP contribution in [0.15, 0.2) is 46.9 Å². The molecule has 10 heteroatoms. The number of hydrogen-bond donors (Lipinski definition) is 4. The Morgan fingerprint density at radius 2 is 1.75 bits per heavy atom. The number of rotatable bonds is 6. The number of carbonyl (C=O) groups is 2. The van der Waals surface area contributed by atoms with E-state index in [1.807, 2.05) is 0 Å². The van der Waals surface area contributed by atoms with Crippen molar-refractivity contribution < 1.29 is 28.6 Å². The number of hydrogen-bond acceptors (Lipinski definition) is 7. The van der Waals surface area contributed by atoms with Crippen LogP contribution in [0.3, 0.4) is 0 Å². The number of amides is 1. The van der Waals surface area contributed by atoms with Gasteiger partial charge in [0.05, 0.1) is 11.6 Å². The van der Waals surface area contributed by atoms with Gasteiger partial charge in [0.25, 0.3) is 0 Å². The standard InChI is InChI=1S/C22H21FN4O5/c23-17-11-14(12-1-3-13(4-2-12)21(30)31)5-10-18(17)25-19(29)20-26-27-22(32-20)24-15-6-8-16(28)9-7-15/h5-13,28H,1-4H2,(H,24,27)(H,25,29)(H,30,31). The van der Waals surface area contributed by atoms with Gasteiger partial charge in [-0.15, -0.1) is 5.10 Å². The van der Waals surface area contributed by atoms with E-state index in [1.165, 1.54) is 24.3 Å². The van der Waals surface area contributed by atoms with Gasteiger partial charge in [0.1, 0.15) is 11.6 Å². The summed E-state index contributed by atoms with van der Waals surface area (Å²) >= 11 is 0. The molecule has 0 spiro atoms. The molecule has 0 saturated heterocycles. The van der Waals surface area contributed by atoms with Crippen LogP contribution < -0.4 is 10.6 Å². The highest BCUT2D eigenvalue weighted by atomic mass is 19.1. The fourth-order valence-electron chi connectivity index (χ4n) is 3.77. The van der Waals surface area contributed by atoms with Crippen LogP contribution in [0.5, 0.6) is 5.75 Å². The van der Waals surface area contributed by atoms with E-state index in [1.54, 1.807) is 18.2 Å². The molecule has 3 aromatic rings. The summed E-state index contributed by atoms with van der Waals surface area (Å²) in [6.45, 7) is 0. The van der Waals surface area contributed by atoms with E-state index in [4.69, 9.17) is 9.52 Å². The minimum absolute atomic E-state index is 0.0239. The molecule has 4 N–H and O–H groups in total. The Labute approximate surface area is 182 Å². The molecule has 1 heterocycles. The van der Waals surface area contributed by atoms with Crippen molar-refractivity contribution in [2.75, 3.05) is 10.6 Å². The molecule has 1 aliphatic carbocycles. The maximum Gasteiger partial charge on any atom is 0.320 e. The highest BCUT2D eigenvalue weighted by Crippen LogP contribution is 2.36. The van der Waals surface area contributed by atoms with E-state index < -0.39 is 17.7 Å². The summed E-state index contributed by atoms with van der Waals surface area (Å²) in [7, 11) is 0. The van der Waals surface area contributed by atoms with E-state index in [9.17, 15) is 19.1 Å². The van der Waals surface area contributed by atoms with Crippen LogP contribution in [-0.2, 0) is 4.79 Å². The number of halogens is 1. The first-order chi connectivity index (χ1) is 15.4. The lowest BCUT2D eigenvalue weighted by molar-refractivity contribution is -0.142. The lowest BCUT2D eigenvalue weighted by Crippen LogP contribution is -2.20. The summed E-state index contributed by atoms with van der Waals surface area (Å²) in [4.78, 5) is 23.5. The molecular weight excluding hydrogens is 419 g/mol. The van der Waals surface area contributed by atoms with Crippen molar-refractivity contribution in [1.29, 1.82) is 0 Å². The Hall–Kier alpha value is -3.95. The lowest BCUT2D eigenvalue weighted by Gasteiger charge is -2.26. The van der Waals surface area contributed by atoms with E-state index >= 15 is 0 Å². The van der Waals surface area contributed by atoms with Gasteiger partial charge in [0.15, 0.2) is 0 Å².